The van der Waals surface area contributed by atoms with E-state index in [1.54, 1.807) is 0 Å². The number of hydrogen-bond donors (Lipinski definition) is 0. The highest BCUT2D eigenvalue weighted by atomic mass is 16.5. The summed E-state index contributed by atoms with van der Waals surface area (Å²) in [7, 11) is 0. The van der Waals surface area contributed by atoms with Crippen molar-refractivity contribution in [3.63, 3.8) is 0 Å². The molecule has 8 aromatic carbocycles. The first-order valence-electron chi connectivity index (χ1n) is 20.6. The highest BCUT2D eigenvalue weighted by Gasteiger charge is 2.38. The monoisotopic (exact) mass is 758 g/mol. The quantitative estimate of drug-likeness (QED) is 0.168. The third-order valence-electron chi connectivity index (χ3n) is 12.1. The van der Waals surface area contributed by atoms with Crippen molar-refractivity contribution in [3.8, 4) is 28.0 Å². The molecule has 1 aliphatic carbocycles. The molecule has 1 unspecified atom stereocenters. The molecular weight excluding hydrogens is 717 g/mol. The van der Waals surface area contributed by atoms with Crippen LogP contribution in [0, 0.1) is 0 Å². The fourth-order valence-corrected chi connectivity index (χ4v) is 9.39. The Hall–Kier alpha value is -7.36. The first-order valence-corrected chi connectivity index (χ1v) is 20.6. The zero-order valence-electron chi connectivity index (χ0n) is 32.8. The molecule has 11 rings (SSSR count). The van der Waals surface area contributed by atoms with Gasteiger partial charge in [0.2, 0.25) is 0 Å². The lowest BCUT2D eigenvalue weighted by molar-refractivity contribution is 0.324. The van der Waals surface area contributed by atoms with Gasteiger partial charge in [0.1, 0.15) is 5.75 Å². The van der Waals surface area contributed by atoms with Crippen LogP contribution in [0.15, 0.2) is 207 Å². The van der Waals surface area contributed by atoms with Gasteiger partial charge in [-0.05, 0) is 128 Å². The van der Waals surface area contributed by atoms with E-state index in [2.05, 4.69) is 217 Å². The van der Waals surface area contributed by atoms with Crippen LogP contribution >= 0.6 is 0 Å². The van der Waals surface area contributed by atoms with Crippen LogP contribution in [0.5, 0.6) is 5.75 Å². The molecule has 0 fully saturated rings. The summed E-state index contributed by atoms with van der Waals surface area (Å²) >= 11 is 0. The van der Waals surface area contributed by atoms with Gasteiger partial charge in [-0.25, -0.2) is 0 Å². The molecule has 0 aromatic heterocycles. The number of ether oxygens (including phenoxy) is 1. The van der Waals surface area contributed by atoms with E-state index in [0.29, 0.717) is 6.61 Å². The maximum atomic E-state index is 6.22. The van der Waals surface area contributed by atoms with Crippen LogP contribution < -0.4 is 14.5 Å². The van der Waals surface area contributed by atoms with Crippen molar-refractivity contribution in [1.29, 1.82) is 0 Å². The summed E-state index contributed by atoms with van der Waals surface area (Å²) in [5, 5.41) is 4.72. The second kappa shape index (κ2) is 14.5. The SMILES string of the molecule is C=C1/C=C\CCOc2ccc3ccc(-c4cccc5cc(N(c6ccc(-c7ccccc7)cc6)c6cccc7c6C6=CC=CCC6N7c6ccccc6)ccc45)cc3c21. The molecule has 2 heterocycles. The first-order chi connectivity index (χ1) is 29.2. The van der Waals surface area contributed by atoms with Crippen molar-refractivity contribution in [1.82, 2.24) is 0 Å². The zero-order chi connectivity index (χ0) is 39.3. The fourth-order valence-electron chi connectivity index (χ4n) is 9.39. The van der Waals surface area contributed by atoms with Crippen molar-refractivity contribution in [2.75, 3.05) is 16.4 Å². The van der Waals surface area contributed by atoms with Crippen LogP contribution in [0.25, 0.3) is 54.9 Å². The lowest BCUT2D eigenvalue weighted by Crippen LogP contribution is -2.26. The molecule has 0 saturated heterocycles. The standard InChI is InChI=1S/C56H42N2O/c1-38-14-10-11-35-59-54-34-29-41-25-26-43(37-50(41)55(38)54)47-21-12-17-42-36-46(32-33-48(42)47)57(45-30-27-40(28-31-45)39-15-4-2-5-16-39)52-23-13-24-53-56(52)49-20-8-9-22-51(49)58(53)44-18-6-3-7-19-44/h2-10,12-21,23-34,36-37,51H,1,11,22,35H2/b14-10-. The summed E-state index contributed by atoms with van der Waals surface area (Å²) in [6, 6.07) is 62.2. The molecule has 0 N–H and O–H groups in total. The predicted molar refractivity (Wildman–Crippen MR) is 249 cm³/mol. The molecule has 3 nitrogen and oxygen atoms in total. The van der Waals surface area contributed by atoms with Crippen molar-refractivity contribution in [2.24, 2.45) is 0 Å². The van der Waals surface area contributed by atoms with Gasteiger partial charge in [-0.1, -0.05) is 146 Å². The van der Waals surface area contributed by atoms with Gasteiger partial charge in [0, 0.05) is 28.2 Å². The maximum absolute atomic E-state index is 6.22. The summed E-state index contributed by atoms with van der Waals surface area (Å²) in [6.45, 7) is 5.10. The molecule has 2 aliphatic heterocycles. The van der Waals surface area contributed by atoms with Crippen molar-refractivity contribution in [3.05, 3.63) is 218 Å². The number of rotatable bonds is 6. The predicted octanol–water partition coefficient (Wildman–Crippen LogP) is 15.0. The van der Waals surface area contributed by atoms with E-state index in [9.17, 15) is 0 Å². The number of allylic oxidation sites excluding steroid dienone is 4. The molecule has 0 radical (unpaired) electrons. The minimum Gasteiger partial charge on any atom is -0.493 e. The summed E-state index contributed by atoms with van der Waals surface area (Å²) in [6.07, 6.45) is 13.0. The molecule has 0 saturated carbocycles. The highest BCUT2D eigenvalue weighted by Crippen LogP contribution is 2.53. The topological polar surface area (TPSA) is 15.7 Å². The zero-order valence-corrected chi connectivity index (χ0v) is 32.8. The number of anilines is 5. The van der Waals surface area contributed by atoms with E-state index in [1.807, 2.05) is 0 Å². The Kier molecular flexibility index (Phi) is 8.59. The lowest BCUT2D eigenvalue weighted by atomic mass is 9.92. The minimum absolute atomic E-state index is 0.223. The smallest absolute Gasteiger partial charge is 0.127 e. The molecule has 3 heteroatoms. The van der Waals surface area contributed by atoms with Crippen LogP contribution in [0.3, 0.4) is 0 Å². The maximum Gasteiger partial charge on any atom is 0.127 e. The van der Waals surface area contributed by atoms with Crippen LogP contribution in [0.2, 0.25) is 0 Å². The Morgan fingerprint density at radius 2 is 1.36 bits per heavy atom. The van der Waals surface area contributed by atoms with Crippen molar-refractivity contribution < 1.29 is 4.74 Å². The van der Waals surface area contributed by atoms with Gasteiger partial charge in [0.25, 0.3) is 0 Å². The van der Waals surface area contributed by atoms with Crippen molar-refractivity contribution >= 4 is 61.1 Å². The van der Waals surface area contributed by atoms with Gasteiger partial charge < -0.3 is 14.5 Å². The average molecular weight is 759 g/mol. The molecule has 282 valence electrons. The molecule has 3 aliphatic rings. The number of benzene rings is 8. The summed E-state index contributed by atoms with van der Waals surface area (Å²) < 4.78 is 6.22. The van der Waals surface area contributed by atoms with Crippen LogP contribution in [-0.2, 0) is 0 Å². The van der Waals surface area contributed by atoms with E-state index in [0.717, 1.165) is 52.2 Å². The lowest BCUT2D eigenvalue weighted by Gasteiger charge is -2.29. The van der Waals surface area contributed by atoms with Gasteiger partial charge >= 0.3 is 0 Å². The second-order valence-corrected chi connectivity index (χ2v) is 15.6. The fraction of sp³-hybridized carbons (Fsp3) is 0.0714. The molecule has 8 aromatic rings. The largest absolute Gasteiger partial charge is 0.493 e. The Balaban J connectivity index is 1.07. The third-order valence-corrected chi connectivity index (χ3v) is 12.1. The Morgan fingerprint density at radius 1 is 0.593 bits per heavy atom. The van der Waals surface area contributed by atoms with Gasteiger partial charge in [0.05, 0.1) is 24.0 Å². The molecule has 0 bridgehead atoms. The number of nitrogens with zero attached hydrogens (tertiary/aromatic N) is 2. The molecule has 1 atom stereocenters. The first kappa shape index (κ1) is 34.9. The number of hydrogen-bond acceptors (Lipinski definition) is 3. The summed E-state index contributed by atoms with van der Waals surface area (Å²) in [5.41, 5.74) is 15.3. The van der Waals surface area contributed by atoms with E-state index in [4.69, 9.17) is 4.74 Å². The summed E-state index contributed by atoms with van der Waals surface area (Å²) in [4.78, 5) is 4.98. The van der Waals surface area contributed by atoms with Gasteiger partial charge in [-0.3, -0.25) is 0 Å². The Bertz CT molecular complexity index is 3010. The number of para-hydroxylation sites is 1. The molecule has 59 heavy (non-hydrogen) atoms. The summed E-state index contributed by atoms with van der Waals surface area (Å²) in [5.74, 6) is 0.897. The van der Waals surface area contributed by atoms with Gasteiger partial charge in [-0.15, -0.1) is 0 Å². The minimum atomic E-state index is 0.223. The van der Waals surface area contributed by atoms with E-state index in [-0.39, 0.29) is 6.04 Å². The Morgan fingerprint density at radius 3 is 2.22 bits per heavy atom. The molecule has 0 amide bonds. The third kappa shape index (κ3) is 6.06. The van der Waals surface area contributed by atoms with E-state index >= 15 is 0 Å². The van der Waals surface area contributed by atoms with Gasteiger partial charge in [0.15, 0.2) is 0 Å². The van der Waals surface area contributed by atoms with Crippen molar-refractivity contribution in [2.45, 2.75) is 18.9 Å². The highest BCUT2D eigenvalue weighted by molar-refractivity contribution is 6.06. The molecule has 0 spiro atoms. The number of fused-ring (bicyclic) bond motifs is 7. The molecular formula is C56H42N2O. The average Bonchev–Trinajstić information content (AvgIpc) is 3.63. The van der Waals surface area contributed by atoms with Crippen LogP contribution in [0.4, 0.5) is 28.4 Å². The van der Waals surface area contributed by atoms with E-state index in [1.165, 1.54) is 60.9 Å². The Labute approximate surface area is 345 Å². The van der Waals surface area contributed by atoms with E-state index < -0.39 is 0 Å². The normalized spacial score (nSPS) is 16.1. The van der Waals surface area contributed by atoms with Crippen LogP contribution in [0.1, 0.15) is 24.0 Å². The van der Waals surface area contributed by atoms with Gasteiger partial charge in [-0.2, -0.15) is 0 Å². The second-order valence-electron chi connectivity index (χ2n) is 15.6. The van der Waals surface area contributed by atoms with Crippen LogP contribution in [-0.4, -0.2) is 12.6 Å².